The Morgan fingerprint density at radius 2 is 2.06 bits per heavy atom. The molecule has 0 amide bonds. The summed E-state index contributed by atoms with van der Waals surface area (Å²) in [5.74, 6) is 1.29. The van der Waals surface area contributed by atoms with E-state index >= 15 is 0 Å². The lowest BCUT2D eigenvalue weighted by atomic mass is 10.2. The highest BCUT2D eigenvalue weighted by atomic mass is 16.5. The van der Waals surface area contributed by atoms with Gasteiger partial charge in [-0.25, -0.2) is 0 Å². The van der Waals surface area contributed by atoms with E-state index in [1.165, 1.54) is 0 Å². The second-order valence-electron chi connectivity index (χ2n) is 4.54. The molecule has 6 heteroatoms. The highest BCUT2D eigenvalue weighted by molar-refractivity contribution is 4.90. The van der Waals surface area contributed by atoms with Crippen LogP contribution in [0.2, 0.25) is 0 Å². The summed E-state index contributed by atoms with van der Waals surface area (Å²) < 4.78 is 5.13. The number of nitrogens with zero attached hydrogens (tertiary/aromatic N) is 3. The van der Waals surface area contributed by atoms with Crippen LogP contribution in [-0.2, 0) is 13.0 Å². The minimum absolute atomic E-state index is 0.452. The molecule has 0 unspecified atom stereocenters. The Bertz CT molecular complexity index is 345. The third-order valence-electron chi connectivity index (χ3n) is 2.96. The molecule has 17 heavy (non-hydrogen) atoms. The molecule has 2 atom stereocenters. The summed E-state index contributed by atoms with van der Waals surface area (Å²) in [6.45, 7) is 3.52. The molecular weight excluding hydrogens is 222 g/mol. The number of aromatic nitrogens is 2. The van der Waals surface area contributed by atoms with Crippen LogP contribution in [0, 0.1) is 0 Å². The third-order valence-corrected chi connectivity index (χ3v) is 2.96. The van der Waals surface area contributed by atoms with Gasteiger partial charge in [0.15, 0.2) is 5.82 Å². The smallest absolute Gasteiger partial charge is 0.240 e. The fourth-order valence-electron chi connectivity index (χ4n) is 1.96. The van der Waals surface area contributed by atoms with Gasteiger partial charge in [0.05, 0.1) is 18.8 Å². The van der Waals surface area contributed by atoms with Crippen LogP contribution >= 0.6 is 0 Å². The number of hydrogen-bond acceptors (Lipinski definition) is 6. The van der Waals surface area contributed by atoms with Gasteiger partial charge in [-0.05, 0) is 6.42 Å². The van der Waals surface area contributed by atoms with Gasteiger partial charge in [0, 0.05) is 19.5 Å². The quantitative estimate of drug-likeness (QED) is 0.752. The maximum atomic E-state index is 9.41. The minimum atomic E-state index is -0.669. The van der Waals surface area contributed by atoms with Crippen molar-refractivity contribution in [2.24, 2.45) is 0 Å². The molecule has 96 valence electrons. The molecular formula is C11H19N3O3. The summed E-state index contributed by atoms with van der Waals surface area (Å²) >= 11 is 0. The first-order chi connectivity index (χ1) is 8.19. The third kappa shape index (κ3) is 3.24. The van der Waals surface area contributed by atoms with Crippen LogP contribution in [0.4, 0.5) is 0 Å². The van der Waals surface area contributed by atoms with Crippen LogP contribution in [0.5, 0.6) is 0 Å². The summed E-state index contributed by atoms with van der Waals surface area (Å²) in [5, 5.41) is 22.7. The molecule has 1 aromatic heterocycles. The number of aryl methyl sites for hydroxylation is 1. The molecule has 2 heterocycles. The molecule has 1 aliphatic rings. The molecule has 0 radical (unpaired) electrons. The number of hydrogen-bond donors (Lipinski definition) is 2. The molecule has 1 aliphatic heterocycles. The first-order valence-corrected chi connectivity index (χ1v) is 6.09. The van der Waals surface area contributed by atoms with Crippen LogP contribution in [0.3, 0.4) is 0 Å². The van der Waals surface area contributed by atoms with Crippen molar-refractivity contribution < 1.29 is 14.7 Å². The van der Waals surface area contributed by atoms with Crippen molar-refractivity contribution in [3.63, 3.8) is 0 Å². The van der Waals surface area contributed by atoms with Crippen LogP contribution < -0.4 is 0 Å². The number of β-amino-alcohol motifs (C(OH)–C–C–N with tert-alkyl or cyclic N) is 2. The molecule has 0 saturated carbocycles. The summed E-state index contributed by atoms with van der Waals surface area (Å²) in [5.41, 5.74) is 0. The van der Waals surface area contributed by atoms with Gasteiger partial charge in [-0.1, -0.05) is 18.5 Å². The summed E-state index contributed by atoms with van der Waals surface area (Å²) in [7, 11) is 0. The van der Waals surface area contributed by atoms with Crippen molar-refractivity contribution in [1.29, 1.82) is 0 Å². The fraction of sp³-hybridized carbons (Fsp3) is 0.818. The van der Waals surface area contributed by atoms with Crippen molar-refractivity contribution in [3.05, 3.63) is 11.7 Å². The van der Waals surface area contributed by atoms with Crippen LogP contribution in [0.1, 0.15) is 31.5 Å². The van der Waals surface area contributed by atoms with Crippen molar-refractivity contribution in [3.8, 4) is 0 Å². The molecule has 2 rings (SSSR count). The van der Waals surface area contributed by atoms with E-state index in [9.17, 15) is 10.2 Å². The Morgan fingerprint density at radius 1 is 1.35 bits per heavy atom. The Morgan fingerprint density at radius 3 is 2.71 bits per heavy atom. The van der Waals surface area contributed by atoms with Gasteiger partial charge in [0.25, 0.3) is 0 Å². The predicted octanol–water partition coefficient (Wildman–Crippen LogP) is -0.0504. The van der Waals surface area contributed by atoms with Crippen molar-refractivity contribution in [2.45, 2.75) is 44.9 Å². The lowest BCUT2D eigenvalue weighted by Gasteiger charge is -2.10. The standard InChI is InChI=1S/C11H19N3O3/c1-2-3-4-10-12-11(17-13-10)7-14-5-8(15)9(16)6-14/h8-9,15-16H,2-7H2,1H3/t8-,9+. The molecule has 1 saturated heterocycles. The van der Waals surface area contributed by atoms with Gasteiger partial charge in [0.1, 0.15) is 0 Å². The zero-order valence-electron chi connectivity index (χ0n) is 10.0. The van der Waals surface area contributed by atoms with E-state index in [0.717, 1.165) is 25.1 Å². The molecule has 6 nitrogen and oxygen atoms in total. The van der Waals surface area contributed by atoms with E-state index in [1.54, 1.807) is 0 Å². The predicted molar refractivity (Wildman–Crippen MR) is 60.2 cm³/mol. The number of rotatable bonds is 5. The zero-order chi connectivity index (χ0) is 12.3. The average Bonchev–Trinajstić information content (AvgIpc) is 2.85. The fourth-order valence-corrected chi connectivity index (χ4v) is 1.96. The zero-order valence-corrected chi connectivity index (χ0v) is 10.0. The van der Waals surface area contributed by atoms with E-state index < -0.39 is 12.2 Å². The van der Waals surface area contributed by atoms with Gasteiger partial charge in [0.2, 0.25) is 5.89 Å². The average molecular weight is 241 g/mol. The topological polar surface area (TPSA) is 82.6 Å². The Hall–Kier alpha value is -0.980. The largest absolute Gasteiger partial charge is 0.389 e. The first-order valence-electron chi connectivity index (χ1n) is 6.09. The molecule has 1 fully saturated rings. The van der Waals surface area contributed by atoms with Crippen LogP contribution in [0.25, 0.3) is 0 Å². The number of likely N-dealkylation sites (tertiary alicyclic amines) is 1. The molecule has 1 aromatic rings. The molecule has 0 bridgehead atoms. The van der Waals surface area contributed by atoms with E-state index in [1.807, 2.05) is 4.90 Å². The maximum Gasteiger partial charge on any atom is 0.240 e. The number of unbranched alkanes of at least 4 members (excludes halogenated alkanes) is 1. The second kappa shape index (κ2) is 5.57. The normalized spacial score (nSPS) is 25.6. The number of aliphatic hydroxyl groups is 2. The maximum absolute atomic E-state index is 9.41. The van der Waals surface area contributed by atoms with Crippen LogP contribution in [-0.4, -0.2) is 50.6 Å². The molecule has 0 aromatic carbocycles. The van der Waals surface area contributed by atoms with E-state index in [2.05, 4.69) is 17.1 Å². The van der Waals surface area contributed by atoms with Crippen LogP contribution in [0.15, 0.2) is 4.52 Å². The van der Waals surface area contributed by atoms with E-state index in [-0.39, 0.29) is 0 Å². The van der Waals surface area contributed by atoms with Gasteiger partial charge >= 0.3 is 0 Å². The minimum Gasteiger partial charge on any atom is -0.389 e. The summed E-state index contributed by atoms with van der Waals surface area (Å²) in [6.07, 6.45) is 1.66. The van der Waals surface area contributed by atoms with Gasteiger partial charge in [-0.3, -0.25) is 4.90 Å². The summed E-state index contributed by atoms with van der Waals surface area (Å²) in [4.78, 5) is 6.19. The first kappa shape index (κ1) is 12.5. The second-order valence-corrected chi connectivity index (χ2v) is 4.54. The van der Waals surface area contributed by atoms with Gasteiger partial charge in [-0.2, -0.15) is 4.98 Å². The lowest BCUT2D eigenvalue weighted by Crippen LogP contribution is -2.22. The molecule has 0 aliphatic carbocycles. The van der Waals surface area contributed by atoms with Crippen molar-refractivity contribution >= 4 is 0 Å². The Labute approximate surface area is 100 Å². The number of aliphatic hydroxyl groups excluding tert-OH is 2. The van der Waals surface area contributed by atoms with E-state index in [0.29, 0.717) is 25.5 Å². The SMILES string of the molecule is CCCCc1noc(CN2C[C@@H](O)[C@@H](O)C2)n1. The van der Waals surface area contributed by atoms with Crippen molar-refractivity contribution in [1.82, 2.24) is 15.0 Å². The summed E-state index contributed by atoms with van der Waals surface area (Å²) in [6, 6.07) is 0. The van der Waals surface area contributed by atoms with Gasteiger partial charge in [-0.15, -0.1) is 0 Å². The molecule has 2 N–H and O–H groups in total. The van der Waals surface area contributed by atoms with Gasteiger partial charge < -0.3 is 14.7 Å². The van der Waals surface area contributed by atoms with Crippen molar-refractivity contribution in [2.75, 3.05) is 13.1 Å². The Kier molecular flexibility index (Phi) is 4.09. The highest BCUT2D eigenvalue weighted by Gasteiger charge is 2.30. The Balaban J connectivity index is 1.85. The van der Waals surface area contributed by atoms with E-state index in [4.69, 9.17) is 4.52 Å². The monoisotopic (exact) mass is 241 g/mol. The highest BCUT2D eigenvalue weighted by Crippen LogP contribution is 2.13. The lowest BCUT2D eigenvalue weighted by molar-refractivity contribution is 0.0572. The molecule has 0 spiro atoms.